The van der Waals surface area contributed by atoms with E-state index in [0.717, 1.165) is 5.56 Å². The standard InChI is InChI=1S/C15H15N3O3/c1-15(12-3-2-8-21-12)13(19)18(14(20)17-15)9-10-4-6-11(16)7-5-10/h2-8H,9,16H2,1H3,(H,17,20). The number of nitrogens with two attached hydrogens (primary N) is 1. The van der Waals surface area contributed by atoms with Gasteiger partial charge in [-0.25, -0.2) is 4.79 Å². The molecule has 6 heteroatoms. The molecule has 6 nitrogen and oxygen atoms in total. The second-order valence-corrected chi connectivity index (χ2v) is 5.17. The van der Waals surface area contributed by atoms with Crippen LogP contribution in [0.15, 0.2) is 47.1 Å². The van der Waals surface area contributed by atoms with Gasteiger partial charge in [0.1, 0.15) is 5.76 Å². The Morgan fingerprint density at radius 3 is 2.57 bits per heavy atom. The predicted octanol–water partition coefficient (Wildman–Crippen LogP) is 1.83. The van der Waals surface area contributed by atoms with Gasteiger partial charge in [0.25, 0.3) is 5.91 Å². The molecule has 2 heterocycles. The van der Waals surface area contributed by atoms with Crippen molar-refractivity contribution in [3.63, 3.8) is 0 Å². The van der Waals surface area contributed by atoms with Crippen LogP contribution in [0.5, 0.6) is 0 Å². The molecule has 3 amide bonds. The number of carbonyl (C=O) groups is 2. The van der Waals surface area contributed by atoms with Crippen LogP contribution in [0, 0.1) is 0 Å². The number of amides is 3. The highest BCUT2D eigenvalue weighted by atomic mass is 16.3. The number of anilines is 1. The third-order valence-electron chi connectivity index (χ3n) is 3.61. The first-order valence-electron chi connectivity index (χ1n) is 6.53. The van der Waals surface area contributed by atoms with E-state index in [0.29, 0.717) is 11.4 Å². The first kappa shape index (κ1) is 13.2. The second kappa shape index (κ2) is 4.66. The van der Waals surface area contributed by atoms with Crippen LogP contribution in [0.4, 0.5) is 10.5 Å². The van der Waals surface area contributed by atoms with Crippen LogP contribution < -0.4 is 11.1 Å². The maximum Gasteiger partial charge on any atom is 0.325 e. The lowest BCUT2D eigenvalue weighted by molar-refractivity contribution is -0.132. The molecular formula is C15H15N3O3. The van der Waals surface area contributed by atoms with E-state index in [9.17, 15) is 9.59 Å². The fraction of sp³-hybridized carbons (Fsp3) is 0.200. The van der Waals surface area contributed by atoms with Crippen LogP contribution >= 0.6 is 0 Å². The lowest BCUT2D eigenvalue weighted by Crippen LogP contribution is -2.40. The third-order valence-corrected chi connectivity index (χ3v) is 3.61. The van der Waals surface area contributed by atoms with Crippen molar-refractivity contribution in [3.05, 3.63) is 54.0 Å². The van der Waals surface area contributed by atoms with Gasteiger partial charge in [-0.3, -0.25) is 9.69 Å². The molecule has 0 bridgehead atoms. The molecule has 0 radical (unpaired) electrons. The lowest BCUT2D eigenvalue weighted by atomic mass is 9.99. The van der Waals surface area contributed by atoms with E-state index in [1.807, 2.05) is 0 Å². The minimum atomic E-state index is -1.16. The number of urea groups is 1. The summed E-state index contributed by atoms with van der Waals surface area (Å²) < 4.78 is 5.27. The number of rotatable bonds is 3. The maximum absolute atomic E-state index is 12.6. The Labute approximate surface area is 121 Å². The number of hydrogen-bond acceptors (Lipinski definition) is 4. The minimum absolute atomic E-state index is 0.196. The number of benzene rings is 1. The second-order valence-electron chi connectivity index (χ2n) is 5.17. The number of nitrogens with zero attached hydrogens (tertiary/aromatic N) is 1. The summed E-state index contributed by atoms with van der Waals surface area (Å²) in [6, 6.07) is 9.97. The van der Waals surface area contributed by atoms with E-state index in [-0.39, 0.29) is 12.5 Å². The Bertz CT molecular complexity index is 679. The van der Waals surface area contributed by atoms with Crippen LogP contribution in [-0.4, -0.2) is 16.8 Å². The average Bonchev–Trinajstić information content (AvgIpc) is 3.06. The molecule has 1 aromatic carbocycles. The van der Waals surface area contributed by atoms with E-state index < -0.39 is 11.6 Å². The molecule has 1 aliphatic heterocycles. The molecule has 0 spiro atoms. The highest BCUT2D eigenvalue weighted by Crippen LogP contribution is 2.30. The molecule has 1 saturated heterocycles. The van der Waals surface area contributed by atoms with Crippen molar-refractivity contribution in [2.24, 2.45) is 0 Å². The van der Waals surface area contributed by atoms with Gasteiger partial charge in [-0.1, -0.05) is 12.1 Å². The summed E-state index contributed by atoms with van der Waals surface area (Å²) in [6.45, 7) is 1.83. The minimum Gasteiger partial charge on any atom is -0.466 e. The smallest absolute Gasteiger partial charge is 0.325 e. The maximum atomic E-state index is 12.6. The first-order valence-corrected chi connectivity index (χ1v) is 6.53. The van der Waals surface area contributed by atoms with Crippen molar-refractivity contribution >= 4 is 17.6 Å². The summed E-state index contributed by atoms with van der Waals surface area (Å²) in [7, 11) is 0. The third kappa shape index (κ3) is 2.14. The monoisotopic (exact) mass is 285 g/mol. The predicted molar refractivity (Wildman–Crippen MR) is 76.0 cm³/mol. The Morgan fingerprint density at radius 1 is 1.24 bits per heavy atom. The van der Waals surface area contributed by atoms with Crippen LogP contribution in [0.3, 0.4) is 0 Å². The molecule has 3 rings (SSSR count). The van der Waals surface area contributed by atoms with E-state index in [2.05, 4.69) is 5.32 Å². The molecule has 1 fully saturated rings. The Kier molecular flexibility index (Phi) is 2.94. The Morgan fingerprint density at radius 2 is 1.95 bits per heavy atom. The average molecular weight is 285 g/mol. The highest BCUT2D eigenvalue weighted by Gasteiger charge is 2.50. The zero-order chi connectivity index (χ0) is 15.0. The summed E-state index contributed by atoms with van der Waals surface area (Å²) in [4.78, 5) is 25.8. The first-order chi connectivity index (χ1) is 10.0. The molecule has 21 heavy (non-hydrogen) atoms. The highest BCUT2D eigenvalue weighted by molar-refractivity contribution is 6.06. The van der Waals surface area contributed by atoms with Crippen molar-refractivity contribution in [1.82, 2.24) is 10.2 Å². The number of carbonyl (C=O) groups excluding carboxylic acids is 2. The van der Waals surface area contributed by atoms with E-state index in [1.165, 1.54) is 11.2 Å². The molecular weight excluding hydrogens is 270 g/mol. The fourth-order valence-corrected chi connectivity index (χ4v) is 2.38. The normalized spacial score (nSPS) is 21.7. The van der Waals surface area contributed by atoms with Gasteiger partial charge in [0.2, 0.25) is 0 Å². The molecule has 1 aromatic heterocycles. The summed E-state index contributed by atoms with van der Waals surface area (Å²) in [6.07, 6.45) is 1.47. The lowest BCUT2D eigenvalue weighted by Gasteiger charge is -2.19. The summed E-state index contributed by atoms with van der Waals surface area (Å²) in [5.41, 5.74) is 5.93. The van der Waals surface area contributed by atoms with Crippen molar-refractivity contribution in [3.8, 4) is 0 Å². The van der Waals surface area contributed by atoms with Gasteiger partial charge in [-0.2, -0.15) is 0 Å². The van der Waals surface area contributed by atoms with Crippen molar-refractivity contribution in [1.29, 1.82) is 0 Å². The Hall–Kier alpha value is -2.76. The number of furan rings is 1. The van der Waals surface area contributed by atoms with Gasteiger partial charge >= 0.3 is 6.03 Å². The molecule has 3 N–H and O–H groups in total. The van der Waals surface area contributed by atoms with Gasteiger partial charge < -0.3 is 15.5 Å². The van der Waals surface area contributed by atoms with Gasteiger partial charge in [0, 0.05) is 5.69 Å². The molecule has 2 aromatic rings. The molecule has 1 atom stereocenters. The largest absolute Gasteiger partial charge is 0.466 e. The molecule has 0 saturated carbocycles. The van der Waals surface area contributed by atoms with Crippen LogP contribution in [0.2, 0.25) is 0 Å². The van der Waals surface area contributed by atoms with Crippen molar-refractivity contribution in [2.75, 3.05) is 5.73 Å². The Balaban J connectivity index is 1.86. The zero-order valence-electron chi connectivity index (χ0n) is 11.5. The topological polar surface area (TPSA) is 88.6 Å². The van der Waals surface area contributed by atoms with Crippen LogP contribution in [0.1, 0.15) is 18.2 Å². The summed E-state index contributed by atoms with van der Waals surface area (Å²) in [5, 5.41) is 2.68. The van der Waals surface area contributed by atoms with E-state index >= 15 is 0 Å². The summed E-state index contributed by atoms with van der Waals surface area (Å²) in [5.74, 6) is 0.0833. The van der Waals surface area contributed by atoms with E-state index in [1.54, 1.807) is 43.3 Å². The quantitative estimate of drug-likeness (QED) is 0.665. The number of hydrogen-bond donors (Lipinski definition) is 2. The van der Waals surface area contributed by atoms with Gasteiger partial charge in [-0.05, 0) is 36.8 Å². The van der Waals surface area contributed by atoms with Gasteiger partial charge in [0.15, 0.2) is 5.54 Å². The van der Waals surface area contributed by atoms with Crippen molar-refractivity contribution < 1.29 is 14.0 Å². The molecule has 1 aliphatic rings. The molecule has 0 aliphatic carbocycles. The number of imide groups is 1. The summed E-state index contributed by atoms with van der Waals surface area (Å²) >= 11 is 0. The number of nitrogens with one attached hydrogen (secondary N) is 1. The molecule has 108 valence electrons. The van der Waals surface area contributed by atoms with Crippen LogP contribution in [-0.2, 0) is 16.9 Å². The fourth-order valence-electron chi connectivity index (χ4n) is 2.38. The number of nitrogen functional groups attached to an aromatic ring is 1. The SMILES string of the molecule is CC1(c2ccco2)NC(=O)N(Cc2ccc(N)cc2)C1=O. The van der Waals surface area contributed by atoms with Crippen molar-refractivity contribution in [2.45, 2.75) is 19.0 Å². The van der Waals surface area contributed by atoms with Crippen LogP contribution in [0.25, 0.3) is 0 Å². The molecule has 1 unspecified atom stereocenters. The van der Waals surface area contributed by atoms with Gasteiger partial charge in [-0.15, -0.1) is 0 Å². The van der Waals surface area contributed by atoms with Gasteiger partial charge in [0.05, 0.1) is 12.8 Å². The zero-order valence-corrected chi connectivity index (χ0v) is 11.5. The van der Waals surface area contributed by atoms with E-state index in [4.69, 9.17) is 10.2 Å².